The third kappa shape index (κ3) is 3.02. The molecule has 4 nitrogen and oxygen atoms in total. The minimum atomic E-state index is -4.58. The van der Waals surface area contributed by atoms with E-state index < -0.39 is 23.3 Å². The number of morpholine rings is 1. The van der Waals surface area contributed by atoms with Crippen LogP contribution in [0.1, 0.15) is 28.9 Å². The molecule has 1 aliphatic carbocycles. The Bertz CT molecular complexity index is 543. The molecule has 2 heterocycles. The highest BCUT2D eigenvalue weighted by atomic mass is 19.4. The fourth-order valence-corrected chi connectivity index (χ4v) is 2.57. The zero-order chi connectivity index (χ0) is 15.0. The summed E-state index contributed by atoms with van der Waals surface area (Å²) in [6, 6.07) is 2.07. The second-order valence-electron chi connectivity index (χ2n) is 5.40. The average Bonchev–Trinajstić information content (AvgIpc) is 3.30. The molecule has 0 bridgehead atoms. The number of nitrogens with zero attached hydrogens (tertiary/aromatic N) is 2. The minimum Gasteiger partial charge on any atom is -0.374 e. The Morgan fingerprint density at radius 2 is 2.14 bits per heavy atom. The molecule has 2 aliphatic rings. The van der Waals surface area contributed by atoms with Gasteiger partial charge >= 0.3 is 6.18 Å². The molecule has 1 saturated carbocycles. The Morgan fingerprint density at radius 3 is 2.81 bits per heavy atom. The van der Waals surface area contributed by atoms with Crippen molar-refractivity contribution in [1.82, 2.24) is 9.88 Å². The van der Waals surface area contributed by atoms with Gasteiger partial charge in [-0.15, -0.1) is 0 Å². The molecule has 0 aromatic carbocycles. The molecule has 21 heavy (non-hydrogen) atoms. The van der Waals surface area contributed by atoms with Crippen LogP contribution >= 0.6 is 0 Å². The predicted octanol–water partition coefficient (Wildman–Crippen LogP) is 2.35. The zero-order valence-corrected chi connectivity index (χ0v) is 11.3. The zero-order valence-electron chi connectivity index (χ0n) is 11.3. The molecule has 1 aliphatic heterocycles. The summed E-state index contributed by atoms with van der Waals surface area (Å²) in [5.41, 5.74) is -1.51. The first-order valence-corrected chi connectivity index (χ1v) is 6.90. The Kier molecular flexibility index (Phi) is 3.61. The normalized spacial score (nSPS) is 23.2. The highest BCUT2D eigenvalue weighted by molar-refractivity contribution is 5.94. The van der Waals surface area contributed by atoms with E-state index in [1.54, 1.807) is 0 Å². The Hall–Kier alpha value is -1.63. The van der Waals surface area contributed by atoms with Gasteiger partial charge < -0.3 is 9.64 Å². The summed E-state index contributed by atoms with van der Waals surface area (Å²) in [6.07, 6.45) is -1.31. The summed E-state index contributed by atoms with van der Waals surface area (Å²) >= 11 is 0. The summed E-state index contributed by atoms with van der Waals surface area (Å²) in [6.45, 7) is 1.01. The Balaban J connectivity index is 1.81. The first-order chi connectivity index (χ1) is 9.97. The van der Waals surface area contributed by atoms with Crippen LogP contribution in [0.4, 0.5) is 13.2 Å². The van der Waals surface area contributed by atoms with Crippen molar-refractivity contribution in [3.05, 3.63) is 29.6 Å². The van der Waals surface area contributed by atoms with Crippen molar-refractivity contribution in [2.75, 3.05) is 19.7 Å². The molecule has 7 heteroatoms. The summed E-state index contributed by atoms with van der Waals surface area (Å²) in [5, 5.41) is 0. The van der Waals surface area contributed by atoms with Crippen LogP contribution in [0.25, 0.3) is 0 Å². The van der Waals surface area contributed by atoms with Gasteiger partial charge in [-0.3, -0.25) is 9.78 Å². The van der Waals surface area contributed by atoms with Crippen LogP contribution in [-0.2, 0) is 10.9 Å². The van der Waals surface area contributed by atoms with E-state index in [1.807, 2.05) is 0 Å². The molecule has 3 rings (SSSR count). The number of hydrogen-bond acceptors (Lipinski definition) is 3. The van der Waals surface area contributed by atoms with Crippen molar-refractivity contribution < 1.29 is 22.7 Å². The molecule has 1 aromatic heterocycles. The highest BCUT2D eigenvalue weighted by Crippen LogP contribution is 2.36. The second-order valence-corrected chi connectivity index (χ2v) is 5.40. The first-order valence-electron chi connectivity index (χ1n) is 6.90. The Morgan fingerprint density at radius 1 is 1.38 bits per heavy atom. The molecule has 0 radical (unpaired) electrons. The van der Waals surface area contributed by atoms with Crippen molar-refractivity contribution in [1.29, 1.82) is 0 Å². The van der Waals surface area contributed by atoms with Crippen LogP contribution in [-0.4, -0.2) is 41.6 Å². The molecule has 1 unspecified atom stereocenters. The second kappa shape index (κ2) is 5.29. The van der Waals surface area contributed by atoms with Gasteiger partial charge in [0.05, 0.1) is 18.3 Å². The number of carbonyl (C=O) groups is 1. The van der Waals surface area contributed by atoms with Gasteiger partial charge in [0.2, 0.25) is 0 Å². The van der Waals surface area contributed by atoms with Crippen LogP contribution in [0.15, 0.2) is 18.3 Å². The van der Waals surface area contributed by atoms with Crippen LogP contribution in [0.5, 0.6) is 0 Å². The van der Waals surface area contributed by atoms with Crippen LogP contribution in [0.3, 0.4) is 0 Å². The maximum atomic E-state index is 13.0. The van der Waals surface area contributed by atoms with Crippen molar-refractivity contribution in [3.63, 3.8) is 0 Å². The average molecular weight is 300 g/mol. The van der Waals surface area contributed by atoms with Crippen molar-refractivity contribution in [2.24, 2.45) is 5.92 Å². The highest BCUT2D eigenvalue weighted by Gasteiger charge is 2.40. The molecule has 1 amide bonds. The molecule has 0 spiro atoms. The molecular formula is C14H15F3N2O2. The van der Waals surface area contributed by atoms with Gasteiger partial charge in [0.25, 0.3) is 5.91 Å². The number of pyridine rings is 1. The molecule has 0 N–H and O–H groups in total. The smallest absolute Gasteiger partial charge is 0.374 e. The number of amides is 1. The molecule has 1 saturated heterocycles. The van der Waals surface area contributed by atoms with E-state index in [1.165, 1.54) is 17.2 Å². The lowest BCUT2D eigenvalue weighted by molar-refractivity contribution is -0.138. The van der Waals surface area contributed by atoms with Crippen molar-refractivity contribution in [2.45, 2.75) is 25.1 Å². The van der Waals surface area contributed by atoms with E-state index in [4.69, 9.17) is 4.74 Å². The largest absolute Gasteiger partial charge is 0.418 e. The number of alkyl halides is 3. The summed E-state index contributed by atoms with van der Waals surface area (Å²) in [5.74, 6) is -0.233. The van der Waals surface area contributed by atoms with Gasteiger partial charge in [0.15, 0.2) is 0 Å². The topological polar surface area (TPSA) is 42.4 Å². The molecule has 1 atom stereocenters. The van der Waals surface area contributed by atoms with Gasteiger partial charge in [-0.2, -0.15) is 13.2 Å². The molecule has 114 valence electrons. The fraction of sp³-hybridized carbons (Fsp3) is 0.571. The SMILES string of the molecule is O=C(c1ncccc1C(F)(F)F)N1CCOC(C2CC2)C1. The molecule has 1 aromatic rings. The number of rotatable bonds is 2. The molecule has 2 fully saturated rings. The molecular weight excluding hydrogens is 285 g/mol. The fourth-order valence-electron chi connectivity index (χ4n) is 2.57. The van der Waals surface area contributed by atoms with Gasteiger partial charge in [-0.1, -0.05) is 0 Å². The maximum absolute atomic E-state index is 13.0. The van der Waals surface area contributed by atoms with Crippen LogP contribution in [0, 0.1) is 5.92 Å². The van der Waals surface area contributed by atoms with E-state index >= 15 is 0 Å². The van der Waals surface area contributed by atoms with Crippen LogP contribution in [0.2, 0.25) is 0 Å². The van der Waals surface area contributed by atoms with E-state index in [-0.39, 0.29) is 6.10 Å². The van der Waals surface area contributed by atoms with Crippen molar-refractivity contribution >= 4 is 5.91 Å². The number of halogens is 3. The lowest BCUT2D eigenvalue weighted by Gasteiger charge is -2.33. The predicted molar refractivity (Wildman–Crippen MR) is 67.6 cm³/mol. The number of carbonyl (C=O) groups excluding carboxylic acids is 1. The van der Waals surface area contributed by atoms with E-state index in [0.29, 0.717) is 25.6 Å². The third-order valence-corrected chi connectivity index (χ3v) is 3.84. The van der Waals surface area contributed by atoms with Crippen molar-refractivity contribution in [3.8, 4) is 0 Å². The van der Waals surface area contributed by atoms with E-state index in [2.05, 4.69) is 4.98 Å². The number of hydrogen-bond donors (Lipinski definition) is 0. The maximum Gasteiger partial charge on any atom is 0.418 e. The van der Waals surface area contributed by atoms with Gasteiger partial charge in [-0.05, 0) is 30.9 Å². The van der Waals surface area contributed by atoms with Gasteiger partial charge in [0, 0.05) is 19.3 Å². The number of aromatic nitrogens is 1. The standard InChI is InChI=1S/C14H15F3N2O2/c15-14(16,17)10-2-1-5-18-12(10)13(20)19-6-7-21-11(8-19)9-3-4-9/h1-2,5,9,11H,3-4,6-8H2. The minimum absolute atomic E-state index is 0.0549. The van der Waals surface area contributed by atoms with Gasteiger partial charge in [0.1, 0.15) is 5.69 Å². The lowest BCUT2D eigenvalue weighted by atomic mass is 10.1. The van der Waals surface area contributed by atoms with Crippen LogP contribution < -0.4 is 0 Å². The monoisotopic (exact) mass is 300 g/mol. The Labute approximate surface area is 119 Å². The van der Waals surface area contributed by atoms with Gasteiger partial charge in [-0.25, -0.2) is 0 Å². The summed E-state index contributed by atoms with van der Waals surface area (Å²) < 4.78 is 44.4. The third-order valence-electron chi connectivity index (χ3n) is 3.84. The number of ether oxygens (including phenoxy) is 1. The summed E-state index contributed by atoms with van der Waals surface area (Å²) in [7, 11) is 0. The summed E-state index contributed by atoms with van der Waals surface area (Å²) in [4.78, 5) is 17.4. The van der Waals surface area contributed by atoms with E-state index in [0.717, 1.165) is 18.9 Å². The van der Waals surface area contributed by atoms with E-state index in [9.17, 15) is 18.0 Å². The first kappa shape index (κ1) is 14.3. The quantitative estimate of drug-likeness (QED) is 0.842. The lowest BCUT2D eigenvalue weighted by Crippen LogP contribution is -2.47.